The van der Waals surface area contributed by atoms with Crippen molar-refractivity contribution in [1.82, 2.24) is 10.3 Å². The normalized spacial score (nSPS) is 12.6. The Hall–Kier alpha value is -1.67. The van der Waals surface area contributed by atoms with Crippen LogP contribution in [0.2, 0.25) is 0 Å². The van der Waals surface area contributed by atoms with Crippen LogP contribution in [0.4, 0.5) is 0 Å². The predicted octanol–water partition coefficient (Wildman–Crippen LogP) is 4.20. The highest BCUT2D eigenvalue weighted by Gasteiger charge is 2.13. The first kappa shape index (κ1) is 14.7. The third-order valence-electron chi connectivity index (χ3n) is 3.42. The minimum atomic E-state index is 0.185. The van der Waals surface area contributed by atoms with Crippen LogP contribution in [-0.2, 0) is 0 Å². The third kappa shape index (κ3) is 4.46. The number of nitrogens with one attached hydrogen (secondary N) is 1. The van der Waals surface area contributed by atoms with Gasteiger partial charge in [0.25, 0.3) is 0 Å². The SMILES string of the molecule is CC(C)CCCNC(c1ccccc1)c1ccccn1. The molecule has 2 nitrogen and oxygen atoms in total. The summed E-state index contributed by atoms with van der Waals surface area (Å²) in [5, 5.41) is 3.65. The van der Waals surface area contributed by atoms with Crippen molar-refractivity contribution in [2.75, 3.05) is 6.54 Å². The second-order valence-electron chi connectivity index (χ2n) is 5.59. The van der Waals surface area contributed by atoms with Gasteiger partial charge in [0.05, 0.1) is 11.7 Å². The summed E-state index contributed by atoms with van der Waals surface area (Å²) in [6.45, 7) is 5.56. The summed E-state index contributed by atoms with van der Waals surface area (Å²) in [7, 11) is 0. The second kappa shape index (κ2) is 7.81. The van der Waals surface area contributed by atoms with E-state index in [2.05, 4.69) is 60.5 Å². The Kier molecular flexibility index (Phi) is 5.75. The lowest BCUT2D eigenvalue weighted by Gasteiger charge is -2.19. The van der Waals surface area contributed by atoms with Gasteiger partial charge in [0, 0.05) is 6.20 Å². The van der Waals surface area contributed by atoms with E-state index in [-0.39, 0.29) is 6.04 Å². The van der Waals surface area contributed by atoms with Crippen molar-refractivity contribution in [1.29, 1.82) is 0 Å². The third-order valence-corrected chi connectivity index (χ3v) is 3.42. The molecule has 0 aliphatic heterocycles. The molecule has 0 bridgehead atoms. The van der Waals surface area contributed by atoms with Crippen molar-refractivity contribution in [2.24, 2.45) is 5.92 Å². The molecule has 0 amide bonds. The topological polar surface area (TPSA) is 24.9 Å². The van der Waals surface area contributed by atoms with Crippen LogP contribution in [0, 0.1) is 5.92 Å². The Labute approximate surface area is 122 Å². The zero-order valence-electron chi connectivity index (χ0n) is 12.4. The first-order valence-corrected chi connectivity index (χ1v) is 7.46. The van der Waals surface area contributed by atoms with E-state index in [1.807, 2.05) is 18.3 Å². The smallest absolute Gasteiger partial charge is 0.0751 e. The molecule has 1 aromatic carbocycles. The summed E-state index contributed by atoms with van der Waals surface area (Å²) in [6.07, 6.45) is 4.33. The number of nitrogens with zero attached hydrogens (tertiary/aromatic N) is 1. The number of benzene rings is 1. The molecule has 0 aliphatic carbocycles. The van der Waals surface area contributed by atoms with Gasteiger partial charge in [0.1, 0.15) is 0 Å². The van der Waals surface area contributed by atoms with Crippen LogP contribution in [0.5, 0.6) is 0 Å². The van der Waals surface area contributed by atoms with Crippen molar-refractivity contribution in [3.63, 3.8) is 0 Å². The minimum Gasteiger partial charge on any atom is -0.305 e. The Balaban J connectivity index is 2.06. The molecule has 20 heavy (non-hydrogen) atoms. The Morgan fingerprint density at radius 3 is 2.40 bits per heavy atom. The molecule has 106 valence electrons. The molecule has 0 radical (unpaired) electrons. The van der Waals surface area contributed by atoms with E-state index in [0.29, 0.717) is 0 Å². The van der Waals surface area contributed by atoms with Gasteiger partial charge in [-0.15, -0.1) is 0 Å². The quantitative estimate of drug-likeness (QED) is 0.761. The maximum Gasteiger partial charge on any atom is 0.0751 e. The maximum atomic E-state index is 4.51. The molecule has 2 rings (SSSR count). The maximum absolute atomic E-state index is 4.51. The molecule has 0 spiro atoms. The highest BCUT2D eigenvalue weighted by molar-refractivity contribution is 5.27. The minimum absolute atomic E-state index is 0.185. The number of hydrogen-bond acceptors (Lipinski definition) is 2. The molecule has 0 saturated carbocycles. The largest absolute Gasteiger partial charge is 0.305 e. The van der Waals surface area contributed by atoms with Crippen LogP contribution < -0.4 is 5.32 Å². The van der Waals surface area contributed by atoms with Gasteiger partial charge in [0.2, 0.25) is 0 Å². The standard InChI is InChI=1S/C18H24N2/c1-15(2)9-8-14-20-18(16-10-4-3-5-11-16)17-12-6-7-13-19-17/h3-7,10-13,15,18,20H,8-9,14H2,1-2H3. The van der Waals surface area contributed by atoms with E-state index in [0.717, 1.165) is 18.2 Å². The van der Waals surface area contributed by atoms with Crippen LogP contribution in [0.25, 0.3) is 0 Å². The van der Waals surface area contributed by atoms with Gasteiger partial charge in [0.15, 0.2) is 0 Å². The fraction of sp³-hybridized carbons (Fsp3) is 0.389. The summed E-state index contributed by atoms with van der Waals surface area (Å²) in [6, 6.07) is 16.8. The highest BCUT2D eigenvalue weighted by Crippen LogP contribution is 2.20. The summed E-state index contributed by atoms with van der Waals surface area (Å²) < 4.78 is 0. The summed E-state index contributed by atoms with van der Waals surface area (Å²) in [5.74, 6) is 0.766. The van der Waals surface area contributed by atoms with Crippen molar-refractivity contribution in [2.45, 2.75) is 32.7 Å². The van der Waals surface area contributed by atoms with Gasteiger partial charge in [-0.3, -0.25) is 4.98 Å². The van der Waals surface area contributed by atoms with Crippen molar-refractivity contribution < 1.29 is 0 Å². The van der Waals surface area contributed by atoms with Crippen LogP contribution >= 0.6 is 0 Å². The molecule has 0 saturated heterocycles. The van der Waals surface area contributed by atoms with Gasteiger partial charge >= 0.3 is 0 Å². The van der Waals surface area contributed by atoms with Gasteiger partial charge in [-0.2, -0.15) is 0 Å². The Bertz CT molecular complexity index is 440. The van der Waals surface area contributed by atoms with E-state index < -0.39 is 0 Å². The van der Waals surface area contributed by atoms with Crippen LogP contribution in [0.1, 0.15) is 44.0 Å². The van der Waals surface area contributed by atoms with Crippen LogP contribution in [0.3, 0.4) is 0 Å². The van der Waals surface area contributed by atoms with Gasteiger partial charge in [-0.1, -0.05) is 50.2 Å². The fourth-order valence-electron chi connectivity index (χ4n) is 2.34. The van der Waals surface area contributed by atoms with Crippen molar-refractivity contribution >= 4 is 0 Å². The van der Waals surface area contributed by atoms with E-state index in [4.69, 9.17) is 0 Å². The van der Waals surface area contributed by atoms with Crippen LogP contribution in [-0.4, -0.2) is 11.5 Å². The summed E-state index contributed by atoms with van der Waals surface area (Å²) in [5.41, 5.74) is 2.36. The molecular formula is C18H24N2. The zero-order chi connectivity index (χ0) is 14.2. The number of hydrogen-bond donors (Lipinski definition) is 1. The van der Waals surface area contributed by atoms with Gasteiger partial charge in [-0.25, -0.2) is 0 Å². The van der Waals surface area contributed by atoms with E-state index in [1.54, 1.807) is 0 Å². The average Bonchev–Trinajstić information content (AvgIpc) is 2.49. The predicted molar refractivity (Wildman–Crippen MR) is 84.6 cm³/mol. The number of aromatic nitrogens is 1. The highest BCUT2D eigenvalue weighted by atomic mass is 14.9. The van der Waals surface area contributed by atoms with E-state index in [1.165, 1.54) is 18.4 Å². The lowest BCUT2D eigenvalue weighted by Crippen LogP contribution is -2.24. The first-order valence-electron chi connectivity index (χ1n) is 7.46. The lowest BCUT2D eigenvalue weighted by molar-refractivity contribution is 0.504. The Morgan fingerprint density at radius 1 is 1.00 bits per heavy atom. The molecule has 0 aliphatic rings. The van der Waals surface area contributed by atoms with Crippen molar-refractivity contribution in [3.8, 4) is 0 Å². The molecule has 2 heteroatoms. The second-order valence-corrected chi connectivity index (χ2v) is 5.59. The van der Waals surface area contributed by atoms with E-state index in [9.17, 15) is 0 Å². The molecule has 1 aromatic heterocycles. The van der Waals surface area contributed by atoms with Gasteiger partial charge < -0.3 is 5.32 Å². The number of rotatable bonds is 7. The Morgan fingerprint density at radius 2 is 1.75 bits per heavy atom. The lowest BCUT2D eigenvalue weighted by atomic mass is 10.0. The first-order chi connectivity index (χ1) is 9.77. The summed E-state index contributed by atoms with van der Waals surface area (Å²) in [4.78, 5) is 4.51. The molecule has 1 atom stereocenters. The molecule has 0 fully saturated rings. The molecule has 2 aromatic rings. The monoisotopic (exact) mass is 268 g/mol. The molecule has 1 unspecified atom stereocenters. The zero-order valence-corrected chi connectivity index (χ0v) is 12.4. The van der Waals surface area contributed by atoms with Gasteiger partial charge in [-0.05, 0) is 43.0 Å². The molecular weight excluding hydrogens is 244 g/mol. The fourth-order valence-corrected chi connectivity index (χ4v) is 2.34. The van der Waals surface area contributed by atoms with Crippen molar-refractivity contribution in [3.05, 3.63) is 66.0 Å². The number of pyridine rings is 1. The average molecular weight is 268 g/mol. The van der Waals surface area contributed by atoms with Crippen LogP contribution in [0.15, 0.2) is 54.7 Å². The molecule has 1 heterocycles. The van der Waals surface area contributed by atoms with E-state index >= 15 is 0 Å². The summed E-state index contributed by atoms with van der Waals surface area (Å²) >= 11 is 0. The molecule has 1 N–H and O–H groups in total.